The fourth-order valence-electron chi connectivity index (χ4n) is 2.83. The van der Waals surface area contributed by atoms with Gasteiger partial charge in [-0.1, -0.05) is 12.1 Å². The fourth-order valence-corrected chi connectivity index (χ4v) is 2.83. The van der Waals surface area contributed by atoms with E-state index < -0.39 is 0 Å². The maximum Gasteiger partial charge on any atom is 0.124 e. The maximum atomic E-state index is 4.73. The molecule has 0 bridgehead atoms. The van der Waals surface area contributed by atoms with Crippen LogP contribution < -0.4 is 0 Å². The molecule has 0 amide bonds. The Labute approximate surface area is 102 Å². The van der Waals surface area contributed by atoms with E-state index in [1.807, 2.05) is 6.07 Å². The van der Waals surface area contributed by atoms with Gasteiger partial charge in [0.2, 0.25) is 0 Å². The normalized spacial score (nSPS) is 21.7. The quantitative estimate of drug-likeness (QED) is 0.858. The third-order valence-corrected chi connectivity index (χ3v) is 3.68. The number of fused-ring (bicyclic) bond motifs is 1. The predicted molar refractivity (Wildman–Crippen MR) is 69.9 cm³/mol. The van der Waals surface area contributed by atoms with Crippen LogP contribution in [0.3, 0.4) is 0 Å². The van der Waals surface area contributed by atoms with Crippen LogP contribution in [0.1, 0.15) is 38.6 Å². The van der Waals surface area contributed by atoms with Gasteiger partial charge in [-0.2, -0.15) is 0 Å². The second-order valence-corrected chi connectivity index (χ2v) is 5.13. The summed E-state index contributed by atoms with van der Waals surface area (Å²) >= 11 is 0. The summed E-state index contributed by atoms with van der Waals surface area (Å²) in [4.78, 5) is 10.7. The molecule has 2 heterocycles. The van der Waals surface area contributed by atoms with Crippen molar-refractivity contribution in [3.8, 4) is 0 Å². The van der Waals surface area contributed by atoms with Crippen molar-refractivity contribution in [2.24, 2.45) is 0 Å². The minimum Gasteiger partial charge on any atom is -0.341 e. The molecule has 3 nitrogen and oxygen atoms in total. The standard InChI is InChI=1S/C14H19N3/c1-10(2)17-9-5-8-13(17)14-15-11-6-3-4-7-12(11)16-14/h3-4,6-7,10,13H,5,8-9H2,1-2H3,(H,15,16)/t13-/m1/s1. The van der Waals surface area contributed by atoms with Crippen LogP contribution in [0.25, 0.3) is 11.0 Å². The number of aromatic amines is 1. The average molecular weight is 229 g/mol. The molecule has 17 heavy (non-hydrogen) atoms. The van der Waals surface area contributed by atoms with Gasteiger partial charge in [0, 0.05) is 6.04 Å². The zero-order chi connectivity index (χ0) is 11.8. The maximum absolute atomic E-state index is 4.73. The molecule has 1 aromatic heterocycles. The van der Waals surface area contributed by atoms with Gasteiger partial charge >= 0.3 is 0 Å². The number of nitrogens with zero attached hydrogens (tertiary/aromatic N) is 2. The number of benzene rings is 1. The SMILES string of the molecule is CC(C)N1CCC[C@@H]1c1nc2ccccc2[nH]1. The first-order chi connectivity index (χ1) is 8.25. The molecule has 1 aliphatic rings. The summed E-state index contributed by atoms with van der Waals surface area (Å²) in [7, 11) is 0. The summed E-state index contributed by atoms with van der Waals surface area (Å²) < 4.78 is 0. The molecular formula is C14H19N3. The Hall–Kier alpha value is -1.35. The molecule has 0 radical (unpaired) electrons. The summed E-state index contributed by atoms with van der Waals surface area (Å²) in [5.74, 6) is 1.14. The van der Waals surface area contributed by atoms with Crippen molar-refractivity contribution in [2.45, 2.75) is 38.8 Å². The van der Waals surface area contributed by atoms with Crippen LogP contribution in [0.15, 0.2) is 24.3 Å². The van der Waals surface area contributed by atoms with E-state index in [2.05, 4.69) is 41.9 Å². The number of para-hydroxylation sites is 2. The van der Waals surface area contributed by atoms with Crippen LogP contribution in [0.2, 0.25) is 0 Å². The molecule has 3 rings (SSSR count). The summed E-state index contributed by atoms with van der Waals surface area (Å²) in [6.07, 6.45) is 2.50. The average Bonchev–Trinajstić information content (AvgIpc) is 2.95. The van der Waals surface area contributed by atoms with Crippen molar-refractivity contribution in [3.05, 3.63) is 30.1 Å². The monoisotopic (exact) mass is 229 g/mol. The second-order valence-electron chi connectivity index (χ2n) is 5.13. The van der Waals surface area contributed by atoms with E-state index in [4.69, 9.17) is 4.98 Å². The van der Waals surface area contributed by atoms with E-state index in [1.165, 1.54) is 19.4 Å². The van der Waals surface area contributed by atoms with Crippen molar-refractivity contribution in [2.75, 3.05) is 6.54 Å². The molecule has 1 saturated heterocycles. The molecule has 90 valence electrons. The lowest BCUT2D eigenvalue weighted by atomic mass is 10.2. The van der Waals surface area contributed by atoms with Crippen molar-refractivity contribution < 1.29 is 0 Å². The highest BCUT2D eigenvalue weighted by atomic mass is 15.2. The van der Waals surface area contributed by atoms with Gasteiger partial charge in [0.05, 0.1) is 17.1 Å². The molecule has 1 atom stereocenters. The number of hydrogen-bond acceptors (Lipinski definition) is 2. The second kappa shape index (κ2) is 4.15. The lowest BCUT2D eigenvalue weighted by molar-refractivity contribution is 0.199. The van der Waals surface area contributed by atoms with Crippen molar-refractivity contribution in [3.63, 3.8) is 0 Å². The van der Waals surface area contributed by atoms with E-state index in [9.17, 15) is 0 Å². The number of likely N-dealkylation sites (tertiary alicyclic amines) is 1. The topological polar surface area (TPSA) is 31.9 Å². The van der Waals surface area contributed by atoms with Crippen LogP contribution >= 0.6 is 0 Å². The number of imidazole rings is 1. The molecular weight excluding hydrogens is 210 g/mol. The minimum atomic E-state index is 0.474. The first kappa shape index (κ1) is 10.8. The first-order valence-electron chi connectivity index (χ1n) is 6.46. The summed E-state index contributed by atoms with van der Waals surface area (Å²) in [5, 5.41) is 0. The number of nitrogens with one attached hydrogen (secondary N) is 1. The van der Waals surface area contributed by atoms with Crippen LogP contribution in [0.4, 0.5) is 0 Å². The molecule has 1 N–H and O–H groups in total. The highest BCUT2D eigenvalue weighted by molar-refractivity contribution is 5.74. The highest BCUT2D eigenvalue weighted by Crippen LogP contribution is 2.32. The van der Waals surface area contributed by atoms with Gasteiger partial charge in [-0.3, -0.25) is 4.90 Å². The smallest absolute Gasteiger partial charge is 0.124 e. The molecule has 1 fully saturated rings. The molecule has 1 aliphatic heterocycles. The van der Waals surface area contributed by atoms with Gasteiger partial charge in [-0.05, 0) is 45.4 Å². The zero-order valence-electron chi connectivity index (χ0n) is 10.5. The molecule has 0 unspecified atom stereocenters. The van der Waals surface area contributed by atoms with E-state index >= 15 is 0 Å². The van der Waals surface area contributed by atoms with E-state index in [0.29, 0.717) is 12.1 Å². The molecule has 3 heteroatoms. The highest BCUT2D eigenvalue weighted by Gasteiger charge is 2.29. The van der Waals surface area contributed by atoms with E-state index in [0.717, 1.165) is 16.9 Å². The Morgan fingerprint density at radius 1 is 1.35 bits per heavy atom. The van der Waals surface area contributed by atoms with Crippen molar-refractivity contribution >= 4 is 11.0 Å². The number of H-pyrrole nitrogens is 1. The van der Waals surface area contributed by atoms with Crippen LogP contribution in [-0.2, 0) is 0 Å². The third-order valence-electron chi connectivity index (χ3n) is 3.68. The number of rotatable bonds is 2. The predicted octanol–water partition coefficient (Wildman–Crippen LogP) is 3.11. The van der Waals surface area contributed by atoms with Crippen molar-refractivity contribution in [1.82, 2.24) is 14.9 Å². The molecule has 0 saturated carbocycles. The van der Waals surface area contributed by atoms with Crippen LogP contribution in [0.5, 0.6) is 0 Å². The Bertz CT molecular complexity index is 482. The fraction of sp³-hybridized carbons (Fsp3) is 0.500. The molecule has 2 aromatic rings. The van der Waals surface area contributed by atoms with Gasteiger partial charge in [0.1, 0.15) is 5.82 Å². The van der Waals surface area contributed by atoms with Gasteiger partial charge in [0.15, 0.2) is 0 Å². The lowest BCUT2D eigenvalue weighted by Crippen LogP contribution is -2.30. The Morgan fingerprint density at radius 3 is 2.94 bits per heavy atom. The van der Waals surface area contributed by atoms with Crippen LogP contribution in [-0.4, -0.2) is 27.5 Å². The summed E-state index contributed by atoms with van der Waals surface area (Å²) in [5.41, 5.74) is 2.23. The number of hydrogen-bond donors (Lipinski definition) is 1. The molecule has 0 aliphatic carbocycles. The van der Waals surface area contributed by atoms with Gasteiger partial charge < -0.3 is 4.98 Å². The van der Waals surface area contributed by atoms with Gasteiger partial charge in [0.25, 0.3) is 0 Å². The van der Waals surface area contributed by atoms with Crippen molar-refractivity contribution in [1.29, 1.82) is 0 Å². The zero-order valence-corrected chi connectivity index (χ0v) is 10.5. The van der Waals surface area contributed by atoms with E-state index in [1.54, 1.807) is 0 Å². The lowest BCUT2D eigenvalue weighted by Gasteiger charge is -2.26. The summed E-state index contributed by atoms with van der Waals surface area (Å²) in [6.45, 7) is 5.72. The third kappa shape index (κ3) is 1.84. The number of aromatic nitrogens is 2. The van der Waals surface area contributed by atoms with E-state index in [-0.39, 0.29) is 0 Å². The van der Waals surface area contributed by atoms with Gasteiger partial charge in [-0.15, -0.1) is 0 Å². The summed E-state index contributed by atoms with van der Waals surface area (Å²) in [6, 6.07) is 9.34. The minimum absolute atomic E-state index is 0.474. The Morgan fingerprint density at radius 2 is 2.18 bits per heavy atom. The Balaban J connectivity index is 1.97. The molecule has 1 aromatic carbocycles. The van der Waals surface area contributed by atoms with Gasteiger partial charge in [-0.25, -0.2) is 4.98 Å². The largest absolute Gasteiger partial charge is 0.341 e. The van der Waals surface area contributed by atoms with Crippen LogP contribution in [0, 0.1) is 0 Å². The first-order valence-corrected chi connectivity index (χ1v) is 6.46. The molecule has 0 spiro atoms. The Kier molecular flexibility index (Phi) is 2.63.